The molecule has 4 nitrogen and oxygen atoms in total. The summed E-state index contributed by atoms with van der Waals surface area (Å²) in [5.74, 6) is 0.501. The van der Waals surface area contributed by atoms with E-state index in [9.17, 15) is 10.4 Å². The van der Waals surface area contributed by atoms with E-state index in [2.05, 4.69) is 11.1 Å². The van der Waals surface area contributed by atoms with Crippen LogP contribution in [-0.2, 0) is 0 Å². The summed E-state index contributed by atoms with van der Waals surface area (Å²) in [4.78, 5) is 4.30. The molecule has 5 heteroatoms. The largest absolute Gasteiger partial charge is 0.504 e. The number of hydrogen-bond donors (Lipinski definition) is 1. The second-order valence-electron chi connectivity index (χ2n) is 4.12. The van der Waals surface area contributed by atoms with Crippen molar-refractivity contribution in [1.29, 1.82) is 5.26 Å². The monoisotopic (exact) mass is 286 g/mol. The van der Waals surface area contributed by atoms with E-state index >= 15 is 0 Å². The standard InChI is InChI=1S/C15H14N2O2S/c1-3-19-14-7-11(4-5-13(14)18)6-12(8-16)15-17-10(2)9-20-15/h4-7,9,18H,3H2,1-2H3/b12-6-. The molecule has 0 amide bonds. The van der Waals surface area contributed by atoms with Gasteiger partial charge in [0.05, 0.1) is 12.2 Å². The van der Waals surface area contributed by atoms with Crippen molar-refractivity contribution in [3.63, 3.8) is 0 Å². The van der Waals surface area contributed by atoms with Crippen molar-refractivity contribution >= 4 is 23.0 Å². The maximum Gasteiger partial charge on any atom is 0.161 e. The average Bonchev–Trinajstić information content (AvgIpc) is 2.86. The van der Waals surface area contributed by atoms with Crippen molar-refractivity contribution in [2.45, 2.75) is 13.8 Å². The molecule has 20 heavy (non-hydrogen) atoms. The lowest BCUT2D eigenvalue weighted by Crippen LogP contribution is -1.92. The minimum Gasteiger partial charge on any atom is -0.504 e. The van der Waals surface area contributed by atoms with Gasteiger partial charge in [-0.3, -0.25) is 0 Å². The fourth-order valence-corrected chi connectivity index (χ4v) is 2.44. The number of aromatic hydroxyl groups is 1. The molecule has 0 atom stereocenters. The summed E-state index contributed by atoms with van der Waals surface area (Å²) in [6.07, 6.45) is 1.74. The Labute approximate surface area is 121 Å². The van der Waals surface area contributed by atoms with E-state index in [0.717, 1.165) is 11.3 Å². The number of nitriles is 1. The molecular formula is C15H14N2O2S. The number of hydrogen-bond acceptors (Lipinski definition) is 5. The van der Waals surface area contributed by atoms with Gasteiger partial charge in [-0.2, -0.15) is 5.26 Å². The summed E-state index contributed by atoms with van der Waals surface area (Å²) in [5, 5.41) is 21.5. The Bertz CT molecular complexity index is 683. The van der Waals surface area contributed by atoms with Gasteiger partial charge < -0.3 is 9.84 Å². The minimum absolute atomic E-state index is 0.0904. The van der Waals surface area contributed by atoms with Crippen molar-refractivity contribution in [2.75, 3.05) is 6.61 Å². The van der Waals surface area contributed by atoms with Crippen LogP contribution in [0.1, 0.15) is 23.2 Å². The van der Waals surface area contributed by atoms with Gasteiger partial charge in [-0.1, -0.05) is 6.07 Å². The molecule has 0 radical (unpaired) electrons. The smallest absolute Gasteiger partial charge is 0.161 e. The predicted molar refractivity (Wildman–Crippen MR) is 79.6 cm³/mol. The maximum absolute atomic E-state index is 9.66. The first-order chi connectivity index (χ1) is 9.63. The molecule has 0 bridgehead atoms. The first-order valence-corrected chi connectivity index (χ1v) is 7.02. The van der Waals surface area contributed by atoms with Gasteiger partial charge in [0.25, 0.3) is 0 Å². The van der Waals surface area contributed by atoms with Gasteiger partial charge in [0.2, 0.25) is 0 Å². The van der Waals surface area contributed by atoms with Crippen molar-refractivity contribution in [3.8, 4) is 17.6 Å². The normalized spacial score (nSPS) is 11.2. The van der Waals surface area contributed by atoms with E-state index in [1.807, 2.05) is 19.2 Å². The quantitative estimate of drug-likeness (QED) is 0.872. The second-order valence-corrected chi connectivity index (χ2v) is 4.98. The Balaban J connectivity index is 2.38. The third kappa shape index (κ3) is 3.16. The van der Waals surface area contributed by atoms with Gasteiger partial charge >= 0.3 is 0 Å². The summed E-state index contributed by atoms with van der Waals surface area (Å²) in [7, 11) is 0. The van der Waals surface area contributed by atoms with Crippen LogP contribution < -0.4 is 4.74 Å². The number of phenols is 1. The lowest BCUT2D eigenvalue weighted by molar-refractivity contribution is 0.318. The van der Waals surface area contributed by atoms with Crippen LogP contribution in [0.5, 0.6) is 11.5 Å². The first kappa shape index (κ1) is 14.1. The number of aryl methyl sites for hydroxylation is 1. The zero-order valence-electron chi connectivity index (χ0n) is 11.3. The zero-order valence-corrected chi connectivity index (χ0v) is 12.1. The molecule has 0 saturated heterocycles. The van der Waals surface area contributed by atoms with Crippen LogP contribution in [0.15, 0.2) is 23.6 Å². The number of thiazole rings is 1. The van der Waals surface area contributed by atoms with E-state index in [0.29, 0.717) is 22.9 Å². The molecule has 102 valence electrons. The van der Waals surface area contributed by atoms with E-state index in [1.165, 1.54) is 11.3 Å². The minimum atomic E-state index is 0.0904. The highest BCUT2D eigenvalue weighted by Gasteiger charge is 2.07. The molecule has 0 unspecified atom stereocenters. The van der Waals surface area contributed by atoms with Crippen molar-refractivity contribution in [3.05, 3.63) is 39.8 Å². The van der Waals surface area contributed by atoms with E-state index < -0.39 is 0 Å². The highest BCUT2D eigenvalue weighted by Crippen LogP contribution is 2.29. The molecule has 0 saturated carbocycles. The summed E-state index contributed by atoms with van der Waals surface area (Å²) in [6, 6.07) is 7.14. The van der Waals surface area contributed by atoms with Gasteiger partial charge in [0.15, 0.2) is 11.5 Å². The number of aromatic nitrogens is 1. The number of nitrogens with zero attached hydrogens (tertiary/aromatic N) is 2. The number of phenolic OH excluding ortho intramolecular Hbond substituents is 1. The summed E-state index contributed by atoms with van der Waals surface area (Å²) >= 11 is 1.44. The Morgan fingerprint density at radius 1 is 1.55 bits per heavy atom. The van der Waals surface area contributed by atoms with Crippen molar-refractivity contribution < 1.29 is 9.84 Å². The number of ether oxygens (including phenoxy) is 1. The molecule has 1 heterocycles. The number of allylic oxidation sites excluding steroid dienone is 1. The van der Waals surface area contributed by atoms with Crippen molar-refractivity contribution in [1.82, 2.24) is 4.98 Å². The van der Waals surface area contributed by atoms with Crippen LogP contribution in [-0.4, -0.2) is 16.7 Å². The summed E-state index contributed by atoms with van der Waals surface area (Å²) in [5.41, 5.74) is 2.18. The van der Waals surface area contributed by atoms with Gasteiger partial charge in [0, 0.05) is 11.1 Å². The van der Waals surface area contributed by atoms with Crippen molar-refractivity contribution in [2.24, 2.45) is 0 Å². The molecule has 0 fully saturated rings. The highest BCUT2D eigenvalue weighted by atomic mass is 32.1. The summed E-state index contributed by atoms with van der Waals surface area (Å²) < 4.78 is 5.33. The van der Waals surface area contributed by atoms with Crippen LogP contribution in [0, 0.1) is 18.3 Å². The Hall–Kier alpha value is -2.32. The molecule has 2 rings (SSSR count). The molecule has 0 spiro atoms. The third-order valence-corrected chi connectivity index (χ3v) is 3.56. The molecule has 0 aliphatic heterocycles. The van der Waals surface area contributed by atoms with Crippen LogP contribution in [0.3, 0.4) is 0 Å². The molecule has 1 N–H and O–H groups in total. The van der Waals surface area contributed by atoms with E-state index in [-0.39, 0.29) is 5.75 Å². The Morgan fingerprint density at radius 3 is 2.95 bits per heavy atom. The lowest BCUT2D eigenvalue weighted by atomic mass is 10.1. The highest BCUT2D eigenvalue weighted by molar-refractivity contribution is 7.11. The van der Waals surface area contributed by atoms with E-state index in [1.54, 1.807) is 24.3 Å². The zero-order chi connectivity index (χ0) is 14.5. The fraction of sp³-hybridized carbons (Fsp3) is 0.200. The molecule has 0 aliphatic rings. The predicted octanol–water partition coefficient (Wildman–Crippen LogP) is 3.62. The van der Waals surface area contributed by atoms with E-state index in [4.69, 9.17) is 4.74 Å². The SMILES string of the molecule is CCOc1cc(/C=C(/C#N)c2nc(C)cs2)ccc1O. The van der Waals surface area contributed by atoms with Gasteiger partial charge in [-0.05, 0) is 37.6 Å². The van der Waals surface area contributed by atoms with Gasteiger partial charge in [-0.25, -0.2) is 4.98 Å². The maximum atomic E-state index is 9.66. The van der Waals surface area contributed by atoms with Crippen LogP contribution in [0.2, 0.25) is 0 Å². The Kier molecular flexibility index (Phi) is 4.38. The molecule has 1 aromatic heterocycles. The molecule has 2 aromatic rings. The number of rotatable bonds is 4. The third-order valence-electron chi connectivity index (χ3n) is 2.56. The number of benzene rings is 1. The van der Waals surface area contributed by atoms with Crippen LogP contribution in [0.25, 0.3) is 11.6 Å². The molecule has 0 aliphatic carbocycles. The second kappa shape index (κ2) is 6.22. The van der Waals surface area contributed by atoms with Gasteiger partial charge in [0.1, 0.15) is 11.1 Å². The molecular weight excluding hydrogens is 272 g/mol. The Morgan fingerprint density at radius 2 is 2.35 bits per heavy atom. The topological polar surface area (TPSA) is 66.1 Å². The van der Waals surface area contributed by atoms with Crippen LogP contribution in [0.4, 0.5) is 0 Å². The van der Waals surface area contributed by atoms with Gasteiger partial charge in [-0.15, -0.1) is 11.3 Å². The lowest BCUT2D eigenvalue weighted by Gasteiger charge is -2.06. The average molecular weight is 286 g/mol. The first-order valence-electron chi connectivity index (χ1n) is 6.14. The van der Waals surface area contributed by atoms with Crippen LogP contribution >= 0.6 is 11.3 Å². The summed E-state index contributed by atoms with van der Waals surface area (Å²) in [6.45, 7) is 4.21. The molecule has 1 aromatic carbocycles. The fourth-order valence-electron chi connectivity index (χ4n) is 1.68.